The SMILES string of the molecule is O=C(NCC1CCCN(Cc2cc3ccccc3[nH]c2=O)C1)C1CCCN1. The lowest BCUT2D eigenvalue weighted by Crippen LogP contribution is -2.45. The van der Waals surface area contributed by atoms with Gasteiger partial charge in [0.2, 0.25) is 5.91 Å². The standard InChI is InChI=1S/C21H28N4O2/c26-20-17(11-16-6-1-2-7-18(16)24-20)14-25-10-4-5-15(13-25)12-23-21(27)19-8-3-9-22-19/h1-2,6-7,11,15,19,22H,3-5,8-10,12-14H2,(H,23,27)(H,24,26). The summed E-state index contributed by atoms with van der Waals surface area (Å²) in [5.74, 6) is 0.583. The number of likely N-dealkylation sites (tertiary alicyclic amines) is 1. The van der Waals surface area contributed by atoms with Crippen LogP contribution >= 0.6 is 0 Å². The number of H-pyrrole nitrogens is 1. The van der Waals surface area contributed by atoms with Gasteiger partial charge in [0.25, 0.3) is 5.56 Å². The van der Waals surface area contributed by atoms with Gasteiger partial charge in [-0.15, -0.1) is 0 Å². The first-order chi connectivity index (χ1) is 13.2. The van der Waals surface area contributed by atoms with Gasteiger partial charge in [0, 0.05) is 30.7 Å². The lowest BCUT2D eigenvalue weighted by molar-refractivity contribution is -0.123. The third-order valence-electron chi connectivity index (χ3n) is 5.77. The van der Waals surface area contributed by atoms with E-state index in [1.165, 1.54) is 0 Å². The van der Waals surface area contributed by atoms with E-state index in [1.807, 2.05) is 30.3 Å². The molecule has 2 aliphatic heterocycles. The van der Waals surface area contributed by atoms with Crippen molar-refractivity contribution in [1.29, 1.82) is 0 Å². The molecule has 4 rings (SSSR count). The van der Waals surface area contributed by atoms with Crippen molar-refractivity contribution in [2.24, 2.45) is 5.92 Å². The Bertz CT molecular complexity index is 857. The second-order valence-corrected chi connectivity index (χ2v) is 7.85. The average Bonchev–Trinajstić information content (AvgIpc) is 3.22. The molecule has 2 atom stereocenters. The molecule has 0 spiro atoms. The molecule has 144 valence electrons. The number of hydrogen-bond acceptors (Lipinski definition) is 4. The van der Waals surface area contributed by atoms with E-state index >= 15 is 0 Å². The number of benzene rings is 1. The van der Waals surface area contributed by atoms with Crippen LogP contribution in [0.2, 0.25) is 0 Å². The highest BCUT2D eigenvalue weighted by atomic mass is 16.2. The van der Waals surface area contributed by atoms with Crippen LogP contribution in [0.4, 0.5) is 0 Å². The van der Waals surface area contributed by atoms with E-state index in [0.29, 0.717) is 12.5 Å². The van der Waals surface area contributed by atoms with Crippen LogP contribution in [0.25, 0.3) is 10.9 Å². The maximum atomic E-state index is 12.4. The van der Waals surface area contributed by atoms with Crippen LogP contribution in [-0.2, 0) is 11.3 Å². The van der Waals surface area contributed by atoms with Gasteiger partial charge in [-0.3, -0.25) is 14.5 Å². The van der Waals surface area contributed by atoms with Crippen molar-refractivity contribution >= 4 is 16.8 Å². The minimum atomic E-state index is -0.0131. The molecule has 2 unspecified atom stereocenters. The predicted octanol–water partition coefficient (Wildman–Crippen LogP) is 1.61. The van der Waals surface area contributed by atoms with Gasteiger partial charge in [0.15, 0.2) is 0 Å². The monoisotopic (exact) mass is 368 g/mol. The van der Waals surface area contributed by atoms with Gasteiger partial charge in [-0.05, 0) is 62.2 Å². The maximum absolute atomic E-state index is 12.4. The Labute approximate surface area is 159 Å². The second-order valence-electron chi connectivity index (χ2n) is 7.85. The highest BCUT2D eigenvalue weighted by Crippen LogP contribution is 2.19. The summed E-state index contributed by atoms with van der Waals surface area (Å²) in [7, 11) is 0. The highest BCUT2D eigenvalue weighted by Gasteiger charge is 2.25. The first-order valence-electron chi connectivity index (χ1n) is 10.0. The molecule has 0 radical (unpaired) electrons. The third-order valence-corrected chi connectivity index (χ3v) is 5.77. The number of carbonyl (C=O) groups is 1. The van der Waals surface area contributed by atoms with Gasteiger partial charge < -0.3 is 15.6 Å². The zero-order valence-corrected chi connectivity index (χ0v) is 15.7. The number of rotatable bonds is 5. The van der Waals surface area contributed by atoms with E-state index in [9.17, 15) is 9.59 Å². The van der Waals surface area contributed by atoms with Crippen LogP contribution in [0.3, 0.4) is 0 Å². The molecule has 0 bridgehead atoms. The van der Waals surface area contributed by atoms with Crippen molar-refractivity contribution in [3.05, 3.63) is 46.2 Å². The lowest BCUT2D eigenvalue weighted by Gasteiger charge is -2.32. The summed E-state index contributed by atoms with van der Waals surface area (Å²) in [6.07, 6.45) is 4.25. The number of fused-ring (bicyclic) bond motifs is 1. The smallest absolute Gasteiger partial charge is 0.252 e. The minimum Gasteiger partial charge on any atom is -0.354 e. The van der Waals surface area contributed by atoms with Gasteiger partial charge in [0.05, 0.1) is 6.04 Å². The predicted molar refractivity (Wildman–Crippen MR) is 107 cm³/mol. The molecule has 2 aliphatic rings. The second kappa shape index (κ2) is 8.23. The van der Waals surface area contributed by atoms with Crippen molar-refractivity contribution in [3.63, 3.8) is 0 Å². The van der Waals surface area contributed by atoms with Crippen LogP contribution in [0.5, 0.6) is 0 Å². The number of nitrogens with one attached hydrogen (secondary N) is 3. The average molecular weight is 368 g/mol. The molecular formula is C21H28N4O2. The Morgan fingerprint density at radius 2 is 2.11 bits per heavy atom. The fourth-order valence-electron chi connectivity index (χ4n) is 4.29. The van der Waals surface area contributed by atoms with Crippen molar-refractivity contribution < 1.29 is 4.79 Å². The Morgan fingerprint density at radius 1 is 1.22 bits per heavy atom. The van der Waals surface area contributed by atoms with E-state index < -0.39 is 0 Å². The van der Waals surface area contributed by atoms with E-state index in [4.69, 9.17) is 0 Å². The number of amides is 1. The number of nitrogens with zero attached hydrogens (tertiary/aromatic N) is 1. The number of hydrogen-bond donors (Lipinski definition) is 3. The van der Waals surface area contributed by atoms with Crippen LogP contribution < -0.4 is 16.2 Å². The van der Waals surface area contributed by atoms with Crippen LogP contribution in [0, 0.1) is 5.92 Å². The van der Waals surface area contributed by atoms with Gasteiger partial charge in [-0.1, -0.05) is 18.2 Å². The van der Waals surface area contributed by atoms with Crippen molar-refractivity contribution in [1.82, 2.24) is 20.5 Å². The summed E-state index contributed by atoms with van der Waals surface area (Å²) in [6.45, 7) is 4.25. The number of para-hydroxylation sites is 1. The molecule has 6 nitrogen and oxygen atoms in total. The molecule has 1 aromatic heterocycles. The van der Waals surface area contributed by atoms with E-state index in [2.05, 4.69) is 20.5 Å². The molecule has 1 amide bonds. The fourth-order valence-corrected chi connectivity index (χ4v) is 4.29. The molecule has 6 heteroatoms. The topological polar surface area (TPSA) is 77.2 Å². The van der Waals surface area contributed by atoms with Crippen LogP contribution in [0.1, 0.15) is 31.2 Å². The molecule has 0 saturated carbocycles. The number of aromatic nitrogens is 1. The van der Waals surface area contributed by atoms with E-state index in [-0.39, 0.29) is 17.5 Å². The molecule has 1 aromatic carbocycles. The van der Waals surface area contributed by atoms with E-state index in [1.54, 1.807) is 0 Å². The maximum Gasteiger partial charge on any atom is 0.252 e. The summed E-state index contributed by atoms with van der Waals surface area (Å²) < 4.78 is 0. The van der Waals surface area contributed by atoms with Gasteiger partial charge in [-0.25, -0.2) is 0 Å². The summed E-state index contributed by atoms with van der Waals surface area (Å²) in [4.78, 5) is 29.9. The fraction of sp³-hybridized carbons (Fsp3) is 0.524. The number of piperidine rings is 1. The van der Waals surface area contributed by atoms with Crippen LogP contribution in [-0.4, -0.2) is 48.0 Å². The Kier molecular flexibility index (Phi) is 5.55. The summed E-state index contributed by atoms with van der Waals surface area (Å²) in [5.41, 5.74) is 1.69. The van der Waals surface area contributed by atoms with Crippen molar-refractivity contribution in [2.45, 2.75) is 38.3 Å². The highest BCUT2D eigenvalue weighted by molar-refractivity contribution is 5.82. The zero-order chi connectivity index (χ0) is 18.6. The first-order valence-corrected chi connectivity index (χ1v) is 10.0. The van der Waals surface area contributed by atoms with E-state index in [0.717, 1.165) is 68.3 Å². The number of aromatic amines is 1. The normalized spacial score (nSPS) is 23.6. The van der Waals surface area contributed by atoms with Gasteiger partial charge >= 0.3 is 0 Å². The molecule has 27 heavy (non-hydrogen) atoms. The quantitative estimate of drug-likeness (QED) is 0.749. The number of carbonyl (C=O) groups excluding carboxylic acids is 1. The summed E-state index contributed by atoms with van der Waals surface area (Å²) in [5, 5.41) is 7.43. The molecule has 2 saturated heterocycles. The molecule has 3 heterocycles. The van der Waals surface area contributed by atoms with Crippen molar-refractivity contribution in [2.75, 3.05) is 26.2 Å². The largest absolute Gasteiger partial charge is 0.354 e. The Morgan fingerprint density at radius 3 is 2.96 bits per heavy atom. The zero-order valence-electron chi connectivity index (χ0n) is 15.7. The van der Waals surface area contributed by atoms with Crippen molar-refractivity contribution in [3.8, 4) is 0 Å². The molecule has 2 aromatic rings. The molecule has 3 N–H and O–H groups in total. The van der Waals surface area contributed by atoms with Crippen LogP contribution in [0.15, 0.2) is 35.1 Å². The molecule has 0 aliphatic carbocycles. The van der Waals surface area contributed by atoms with Gasteiger partial charge in [-0.2, -0.15) is 0 Å². The molecular weight excluding hydrogens is 340 g/mol. The molecule has 2 fully saturated rings. The lowest BCUT2D eigenvalue weighted by atomic mass is 9.97. The summed E-state index contributed by atoms with van der Waals surface area (Å²) in [6, 6.07) is 9.87. The van der Waals surface area contributed by atoms with Gasteiger partial charge in [0.1, 0.15) is 0 Å². The Hall–Kier alpha value is -2.18. The Balaban J connectivity index is 1.35. The summed E-state index contributed by atoms with van der Waals surface area (Å²) >= 11 is 0. The number of pyridine rings is 1. The first kappa shape index (κ1) is 18.2. The minimum absolute atomic E-state index is 0.00330. The third kappa shape index (κ3) is 4.39.